The molecule has 1 aromatic heterocycles. The second-order valence-corrected chi connectivity index (χ2v) is 5.36. The largest absolute Gasteiger partial charge is 0.487 e. The van der Waals surface area contributed by atoms with E-state index in [-0.39, 0.29) is 5.41 Å². The lowest BCUT2D eigenvalue weighted by atomic mass is 9.92. The Morgan fingerprint density at radius 3 is 2.69 bits per heavy atom. The highest BCUT2D eigenvalue weighted by atomic mass is 16.5. The average Bonchev–Trinajstić information content (AvgIpc) is 2.70. The standard InChI is InChI=1S/C13H20N2O/c1-13(2,3)12-5-4-10(9-15-12)16-11-6-7-14-8-11/h4-5,9,11,14H,6-8H2,1-3H3. The molecule has 0 radical (unpaired) electrons. The van der Waals surface area contributed by atoms with E-state index >= 15 is 0 Å². The first-order valence-corrected chi connectivity index (χ1v) is 5.89. The van der Waals surface area contributed by atoms with E-state index in [4.69, 9.17) is 4.74 Å². The summed E-state index contributed by atoms with van der Waals surface area (Å²) >= 11 is 0. The molecular formula is C13H20N2O. The summed E-state index contributed by atoms with van der Waals surface area (Å²) in [4.78, 5) is 4.45. The van der Waals surface area contributed by atoms with Gasteiger partial charge in [-0.05, 0) is 25.1 Å². The van der Waals surface area contributed by atoms with Crippen LogP contribution in [0.3, 0.4) is 0 Å². The molecule has 0 saturated carbocycles. The molecule has 1 N–H and O–H groups in total. The maximum Gasteiger partial charge on any atom is 0.138 e. The summed E-state index contributed by atoms with van der Waals surface area (Å²) < 4.78 is 5.82. The molecule has 0 aliphatic carbocycles. The fraction of sp³-hybridized carbons (Fsp3) is 0.615. The van der Waals surface area contributed by atoms with Crippen molar-refractivity contribution >= 4 is 0 Å². The zero-order chi connectivity index (χ0) is 11.6. The van der Waals surface area contributed by atoms with Crippen LogP contribution in [0.5, 0.6) is 5.75 Å². The summed E-state index contributed by atoms with van der Waals surface area (Å²) in [6, 6.07) is 4.07. The third kappa shape index (κ3) is 2.73. The van der Waals surface area contributed by atoms with Crippen LogP contribution in [0, 0.1) is 0 Å². The number of ether oxygens (including phenoxy) is 1. The van der Waals surface area contributed by atoms with Crippen molar-refractivity contribution in [2.75, 3.05) is 13.1 Å². The summed E-state index contributed by atoms with van der Waals surface area (Å²) in [5.41, 5.74) is 1.21. The molecule has 88 valence electrons. The van der Waals surface area contributed by atoms with Crippen LogP contribution < -0.4 is 10.1 Å². The molecule has 3 heteroatoms. The van der Waals surface area contributed by atoms with Crippen LogP contribution >= 0.6 is 0 Å². The van der Waals surface area contributed by atoms with Crippen molar-refractivity contribution in [3.05, 3.63) is 24.0 Å². The summed E-state index contributed by atoms with van der Waals surface area (Å²) in [5, 5.41) is 3.28. The number of nitrogens with one attached hydrogen (secondary N) is 1. The Bertz CT molecular complexity index is 334. The summed E-state index contributed by atoms with van der Waals surface area (Å²) in [5.74, 6) is 0.877. The molecule has 1 saturated heterocycles. The highest BCUT2D eigenvalue weighted by molar-refractivity contribution is 5.23. The highest BCUT2D eigenvalue weighted by Crippen LogP contribution is 2.22. The molecule has 1 fully saturated rings. The number of hydrogen-bond acceptors (Lipinski definition) is 3. The fourth-order valence-electron chi connectivity index (χ4n) is 1.81. The van der Waals surface area contributed by atoms with Gasteiger partial charge in [-0.2, -0.15) is 0 Å². The normalized spacial score (nSPS) is 21.1. The van der Waals surface area contributed by atoms with Crippen molar-refractivity contribution in [3.8, 4) is 5.75 Å². The smallest absolute Gasteiger partial charge is 0.138 e. The number of hydrogen-bond donors (Lipinski definition) is 1. The van der Waals surface area contributed by atoms with Crippen LogP contribution in [0.1, 0.15) is 32.9 Å². The molecule has 1 aliphatic heterocycles. The van der Waals surface area contributed by atoms with Crippen molar-refractivity contribution in [2.45, 2.75) is 38.7 Å². The molecule has 0 aromatic carbocycles. The van der Waals surface area contributed by atoms with Crippen molar-refractivity contribution in [3.63, 3.8) is 0 Å². The molecule has 1 aliphatic rings. The Morgan fingerprint density at radius 2 is 2.19 bits per heavy atom. The lowest BCUT2D eigenvalue weighted by Gasteiger charge is -2.18. The first-order chi connectivity index (χ1) is 7.55. The molecule has 0 bridgehead atoms. The lowest BCUT2D eigenvalue weighted by molar-refractivity contribution is 0.222. The van der Waals surface area contributed by atoms with Crippen LogP contribution in [-0.2, 0) is 5.41 Å². The van der Waals surface area contributed by atoms with Crippen molar-refractivity contribution in [1.29, 1.82) is 0 Å². The Labute approximate surface area is 97.2 Å². The van der Waals surface area contributed by atoms with Gasteiger partial charge in [-0.25, -0.2) is 0 Å². The molecule has 2 heterocycles. The summed E-state index contributed by atoms with van der Waals surface area (Å²) in [7, 11) is 0. The van der Waals surface area contributed by atoms with E-state index in [0.717, 1.165) is 31.0 Å². The zero-order valence-corrected chi connectivity index (χ0v) is 10.3. The maximum atomic E-state index is 5.82. The second kappa shape index (κ2) is 4.42. The van der Waals surface area contributed by atoms with Crippen molar-refractivity contribution in [1.82, 2.24) is 10.3 Å². The third-order valence-corrected chi connectivity index (χ3v) is 2.82. The quantitative estimate of drug-likeness (QED) is 0.829. The van der Waals surface area contributed by atoms with Crippen LogP contribution in [0.2, 0.25) is 0 Å². The Hall–Kier alpha value is -1.09. The Balaban J connectivity index is 2.01. The van der Waals surface area contributed by atoms with Gasteiger partial charge in [0.1, 0.15) is 11.9 Å². The van der Waals surface area contributed by atoms with Crippen LogP contribution in [0.25, 0.3) is 0 Å². The van der Waals surface area contributed by atoms with Gasteiger partial charge >= 0.3 is 0 Å². The topological polar surface area (TPSA) is 34.1 Å². The number of nitrogens with zero attached hydrogens (tertiary/aromatic N) is 1. The Kier molecular flexibility index (Phi) is 3.15. The molecule has 0 amide bonds. The van der Waals surface area contributed by atoms with E-state index in [2.05, 4.69) is 37.1 Å². The lowest BCUT2D eigenvalue weighted by Crippen LogP contribution is -2.20. The van der Waals surface area contributed by atoms with E-state index in [1.165, 1.54) is 0 Å². The van der Waals surface area contributed by atoms with Gasteiger partial charge in [0.2, 0.25) is 0 Å². The van der Waals surface area contributed by atoms with E-state index in [0.29, 0.717) is 6.10 Å². The molecule has 3 nitrogen and oxygen atoms in total. The SMILES string of the molecule is CC(C)(C)c1ccc(OC2CCNC2)cn1. The van der Waals surface area contributed by atoms with Crippen LogP contribution in [0.15, 0.2) is 18.3 Å². The fourth-order valence-corrected chi connectivity index (χ4v) is 1.81. The molecule has 0 spiro atoms. The molecule has 1 unspecified atom stereocenters. The first-order valence-electron chi connectivity index (χ1n) is 5.89. The van der Waals surface area contributed by atoms with E-state index in [1.54, 1.807) is 0 Å². The van der Waals surface area contributed by atoms with Gasteiger partial charge in [-0.15, -0.1) is 0 Å². The van der Waals surface area contributed by atoms with Crippen molar-refractivity contribution in [2.24, 2.45) is 0 Å². The van der Waals surface area contributed by atoms with E-state index in [1.807, 2.05) is 12.3 Å². The van der Waals surface area contributed by atoms with E-state index in [9.17, 15) is 0 Å². The minimum Gasteiger partial charge on any atom is -0.487 e. The van der Waals surface area contributed by atoms with Crippen molar-refractivity contribution < 1.29 is 4.74 Å². The number of aromatic nitrogens is 1. The van der Waals surface area contributed by atoms with Gasteiger partial charge in [-0.1, -0.05) is 20.8 Å². The Morgan fingerprint density at radius 1 is 1.38 bits per heavy atom. The highest BCUT2D eigenvalue weighted by Gasteiger charge is 2.17. The predicted octanol–water partition coefficient (Wildman–Crippen LogP) is 2.12. The zero-order valence-electron chi connectivity index (χ0n) is 10.3. The van der Waals surface area contributed by atoms with Gasteiger partial charge in [0.15, 0.2) is 0 Å². The monoisotopic (exact) mass is 220 g/mol. The van der Waals surface area contributed by atoms with Crippen LogP contribution in [0.4, 0.5) is 0 Å². The molecule has 2 rings (SSSR count). The minimum absolute atomic E-state index is 0.105. The minimum atomic E-state index is 0.105. The van der Waals surface area contributed by atoms with Gasteiger partial charge in [0.05, 0.1) is 6.20 Å². The molecule has 1 aromatic rings. The molecular weight excluding hydrogens is 200 g/mol. The van der Waals surface area contributed by atoms with Gasteiger partial charge in [-0.3, -0.25) is 4.98 Å². The third-order valence-electron chi connectivity index (χ3n) is 2.82. The van der Waals surface area contributed by atoms with Crippen LogP contribution in [-0.4, -0.2) is 24.2 Å². The van der Waals surface area contributed by atoms with Gasteiger partial charge in [0, 0.05) is 17.7 Å². The molecule has 16 heavy (non-hydrogen) atoms. The summed E-state index contributed by atoms with van der Waals surface area (Å²) in [6.45, 7) is 8.49. The van der Waals surface area contributed by atoms with E-state index < -0.39 is 0 Å². The summed E-state index contributed by atoms with van der Waals surface area (Å²) in [6.07, 6.45) is 3.22. The van der Waals surface area contributed by atoms with Gasteiger partial charge < -0.3 is 10.1 Å². The number of pyridine rings is 1. The second-order valence-electron chi connectivity index (χ2n) is 5.36. The average molecular weight is 220 g/mol. The molecule has 1 atom stereocenters. The first kappa shape index (κ1) is 11.4. The maximum absolute atomic E-state index is 5.82. The number of rotatable bonds is 2. The predicted molar refractivity (Wildman–Crippen MR) is 64.8 cm³/mol. The van der Waals surface area contributed by atoms with Gasteiger partial charge in [0.25, 0.3) is 0 Å².